The number of allylic oxidation sites excluding steroid dienone is 4. The summed E-state index contributed by atoms with van der Waals surface area (Å²) >= 11 is 2.05. The third-order valence-corrected chi connectivity index (χ3v) is 2.82. The first kappa shape index (κ1) is 20.5. The van der Waals surface area contributed by atoms with Gasteiger partial charge < -0.3 is 24.8 Å². The van der Waals surface area contributed by atoms with Gasteiger partial charge in [-0.25, -0.2) is 11.6 Å². The summed E-state index contributed by atoms with van der Waals surface area (Å²) in [4.78, 5) is 0. The largest absolute Gasteiger partial charge is 3.00 e. The molecule has 0 atom stereocenters. The first-order chi connectivity index (χ1) is 5.43. The van der Waals surface area contributed by atoms with Crippen LogP contribution in [0.3, 0.4) is 0 Å². The summed E-state index contributed by atoms with van der Waals surface area (Å²) in [7, 11) is 0. The molecule has 14 heavy (non-hydrogen) atoms. The Morgan fingerprint density at radius 3 is 2.57 bits per heavy atom. The second kappa shape index (κ2) is 14.1. The van der Waals surface area contributed by atoms with Gasteiger partial charge in [0.25, 0.3) is 0 Å². The van der Waals surface area contributed by atoms with E-state index in [-0.39, 0.29) is 46.5 Å². The maximum Gasteiger partial charge on any atom is 3.00 e. The molecular weight excluding hydrogens is 271 g/mol. The number of hydrogen-bond acceptors (Lipinski definition) is 1. The first-order valence-electron chi connectivity index (χ1n) is 4.27. The Bertz CT molecular complexity index is 170. The summed E-state index contributed by atoms with van der Waals surface area (Å²) in [5.74, 6) is 2.57. The molecule has 0 aromatic carbocycles. The van der Waals surface area contributed by atoms with E-state index in [1.807, 2.05) is 11.8 Å². The van der Waals surface area contributed by atoms with Crippen molar-refractivity contribution in [3.8, 4) is 0 Å². The van der Waals surface area contributed by atoms with Gasteiger partial charge in [-0.15, -0.1) is 6.42 Å². The van der Waals surface area contributed by atoms with Gasteiger partial charge in [0.2, 0.25) is 0 Å². The molecule has 1 aliphatic rings. The minimum Gasteiger partial charge on any atom is -1.00 e. The van der Waals surface area contributed by atoms with Gasteiger partial charge in [0.1, 0.15) is 0 Å². The van der Waals surface area contributed by atoms with E-state index >= 15 is 0 Å². The van der Waals surface area contributed by atoms with Crippen molar-refractivity contribution in [2.75, 3.05) is 11.5 Å². The number of rotatable bonds is 5. The van der Waals surface area contributed by atoms with Crippen LogP contribution in [-0.2, 0) is 21.7 Å². The van der Waals surface area contributed by atoms with E-state index in [2.05, 4.69) is 25.2 Å². The molecule has 4 heteroatoms. The van der Waals surface area contributed by atoms with Crippen molar-refractivity contribution in [1.82, 2.24) is 0 Å². The molecule has 1 aliphatic carbocycles. The summed E-state index contributed by atoms with van der Waals surface area (Å²) in [5, 5.41) is 0. The monoisotopic (exact) mass is 285 g/mol. The molecule has 0 aromatic rings. The standard InChI is InChI=1S/C10H15S.2ClH.Ti/c1-2-8-11-9-7-10-5-3-4-6-10;;;/h3,5H,2,4,7-9H2,1H3;2*1H;/q-1;;;+3/p-2. The van der Waals surface area contributed by atoms with E-state index in [1.165, 1.54) is 29.9 Å². The average molecular weight is 286 g/mol. The van der Waals surface area contributed by atoms with Crippen LogP contribution in [0.4, 0.5) is 0 Å². The summed E-state index contributed by atoms with van der Waals surface area (Å²) < 4.78 is 0. The molecule has 0 aromatic heterocycles. The third kappa shape index (κ3) is 9.67. The Kier molecular flexibility index (Phi) is 20.7. The SMILES string of the molecule is CCCSCCC1=[C-]CC=C1.[Cl-].[Cl-].[Ti+3]. The van der Waals surface area contributed by atoms with Crippen LogP contribution in [0.15, 0.2) is 17.7 Å². The Labute approximate surface area is 119 Å². The van der Waals surface area contributed by atoms with Crippen molar-refractivity contribution in [2.24, 2.45) is 0 Å². The number of thioether (sulfide) groups is 1. The minimum absolute atomic E-state index is 0. The van der Waals surface area contributed by atoms with Gasteiger partial charge in [-0.1, -0.05) is 13.3 Å². The molecule has 0 fully saturated rings. The summed E-state index contributed by atoms with van der Waals surface area (Å²) in [6.45, 7) is 2.23. The van der Waals surface area contributed by atoms with Crippen molar-refractivity contribution in [3.05, 3.63) is 23.8 Å². The fourth-order valence-corrected chi connectivity index (χ4v) is 1.91. The van der Waals surface area contributed by atoms with Crippen LogP contribution >= 0.6 is 11.8 Å². The average Bonchev–Trinajstić information content (AvgIpc) is 2.50. The summed E-state index contributed by atoms with van der Waals surface area (Å²) in [5.41, 5.74) is 1.41. The molecule has 0 bridgehead atoms. The third-order valence-electron chi connectivity index (χ3n) is 1.63. The normalized spacial score (nSPS) is 12.2. The second-order valence-corrected chi connectivity index (χ2v) is 3.90. The van der Waals surface area contributed by atoms with Gasteiger partial charge in [0.05, 0.1) is 0 Å². The molecule has 0 nitrogen and oxygen atoms in total. The fourth-order valence-electron chi connectivity index (χ4n) is 1.05. The second-order valence-electron chi connectivity index (χ2n) is 2.67. The van der Waals surface area contributed by atoms with E-state index in [4.69, 9.17) is 0 Å². The molecule has 0 aliphatic heterocycles. The predicted octanol–water partition coefficient (Wildman–Crippen LogP) is -2.79. The maximum absolute atomic E-state index is 3.33. The van der Waals surface area contributed by atoms with Crippen LogP contribution in [0.1, 0.15) is 26.2 Å². The first-order valence-corrected chi connectivity index (χ1v) is 5.43. The van der Waals surface area contributed by atoms with Gasteiger partial charge >= 0.3 is 21.7 Å². The Balaban J connectivity index is -0.000000403. The molecule has 0 spiro atoms. The van der Waals surface area contributed by atoms with Crippen LogP contribution in [0.25, 0.3) is 0 Å². The van der Waals surface area contributed by atoms with Crippen molar-refractivity contribution in [3.63, 3.8) is 0 Å². The number of halogens is 2. The van der Waals surface area contributed by atoms with Crippen LogP contribution < -0.4 is 24.8 Å². The smallest absolute Gasteiger partial charge is 1.00 e. The van der Waals surface area contributed by atoms with E-state index < -0.39 is 0 Å². The van der Waals surface area contributed by atoms with Crippen LogP contribution in [0.5, 0.6) is 0 Å². The molecule has 0 unspecified atom stereocenters. The van der Waals surface area contributed by atoms with Gasteiger partial charge in [0.15, 0.2) is 0 Å². The van der Waals surface area contributed by atoms with Crippen LogP contribution in [0.2, 0.25) is 0 Å². The van der Waals surface area contributed by atoms with Gasteiger partial charge in [-0.3, -0.25) is 6.08 Å². The van der Waals surface area contributed by atoms with E-state index in [0.717, 1.165) is 6.42 Å². The topological polar surface area (TPSA) is 0 Å². The van der Waals surface area contributed by atoms with Gasteiger partial charge in [-0.2, -0.15) is 17.8 Å². The maximum atomic E-state index is 3.33. The van der Waals surface area contributed by atoms with Crippen molar-refractivity contribution in [2.45, 2.75) is 26.2 Å². The molecule has 0 saturated carbocycles. The van der Waals surface area contributed by atoms with Crippen molar-refractivity contribution < 1.29 is 46.5 Å². The quantitative estimate of drug-likeness (QED) is 0.299. The minimum atomic E-state index is 0. The Hall–Kier alpha value is 1.12. The Morgan fingerprint density at radius 1 is 1.36 bits per heavy atom. The summed E-state index contributed by atoms with van der Waals surface area (Å²) in [6.07, 6.45) is 11.2. The van der Waals surface area contributed by atoms with Crippen LogP contribution in [-0.4, -0.2) is 11.5 Å². The zero-order chi connectivity index (χ0) is 7.94. The molecule has 1 radical (unpaired) electrons. The molecule has 0 heterocycles. The molecule has 0 saturated heterocycles. The Morgan fingerprint density at radius 2 is 2.07 bits per heavy atom. The van der Waals surface area contributed by atoms with E-state index in [0.29, 0.717) is 0 Å². The molecule has 0 amide bonds. The number of hydrogen-bond donors (Lipinski definition) is 0. The zero-order valence-electron chi connectivity index (χ0n) is 8.35. The molecule has 79 valence electrons. The van der Waals surface area contributed by atoms with E-state index in [1.54, 1.807) is 0 Å². The molecular formula is C10H15Cl2STi. The zero-order valence-corrected chi connectivity index (χ0v) is 12.2. The predicted molar refractivity (Wildman–Crippen MR) is 52.7 cm³/mol. The molecule has 0 N–H and O–H groups in total. The fraction of sp³-hybridized carbons (Fsp3) is 0.600. The van der Waals surface area contributed by atoms with Crippen molar-refractivity contribution in [1.29, 1.82) is 0 Å². The summed E-state index contributed by atoms with van der Waals surface area (Å²) in [6, 6.07) is 0. The van der Waals surface area contributed by atoms with E-state index in [9.17, 15) is 0 Å². The van der Waals surface area contributed by atoms with Gasteiger partial charge in [-0.05, 0) is 17.9 Å². The van der Waals surface area contributed by atoms with Crippen molar-refractivity contribution >= 4 is 11.8 Å². The molecule has 1 rings (SSSR count). The van der Waals surface area contributed by atoms with Gasteiger partial charge in [0, 0.05) is 0 Å². The van der Waals surface area contributed by atoms with Crippen LogP contribution in [0, 0.1) is 6.08 Å².